The highest BCUT2D eigenvalue weighted by atomic mass is 79.9. The van der Waals surface area contributed by atoms with E-state index in [9.17, 15) is 4.79 Å². The molecule has 2 aromatic rings. The van der Waals surface area contributed by atoms with Crippen molar-refractivity contribution in [2.45, 2.75) is 26.7 Å². The van der Waals surface area contributed by atoms with Crippen molar-refractivity contribution < 1.29 is 9.53 Å². The Bertz CT molecular complexity index is 691. The van der Waals surface area contributed by atoms with Crippen molar-refractivity contribution in [2.75, 3.05) is 20.3 Å². The fourth-order valence-corrected chi connectivity index (χ4v) is 2.80. The maximum absolute atomic E-state index is 12.1. The van der Waals surface area contributed by atoms with E-state index in [1.54, 1.807) is 19.5 Å². The summed E-state index contributed by atoms with van der Waals surface area (Å²) in [5.41, 5.74) is 2.32. The number of nitrogens with zero attached hydrogens (tertiary/aromatic N) is 2. The minimum absolute atomic E-state index is 0.149. The fraction of sp³-hybridized carbons (Fsp3) is 0.471. The fourth-order valence-electron chi connectivity index (χ4n) is 2.21. The zero-order valence-electron chi connectivity index (χ0n) is 13.7. The van der Waals surface area contributed by atoms with Gasteiger partial charge in [-0.25, -0.2) is 0 Å². The SMILES string of the molecule is CC[C@H](C)Cc1ncc2ncc(C(=O)NCCOC)cc2c1Br. The molecule has 0 saturated heterocycles. The van der Waals surface area contributed by atoms with Crippen LogP contribution in [0.4, 0.5) is 0 Å². The van der Waals surface area contributed by atoms with Crippen LogP contribution >= 0.6 is 15.9 Å². The first-order valence-corrected chi connectivity index (χ1v) is 8.56. The first-order valence-electron chi connectivity index (χ1n) is 7.77. The molecule has 0 bridgehead atoms. The molecule has 6 heteroatoms. The first-order chi connectivity index (χ1) is 11.1. The van der Waals surface area contributed by atoms with Crippen LogP contribution in [0.1, 0.15) is 36.3 Å². The second kappa shape index (κ2) is 8.36. The van der Waals surface area contributed by atoms with Crippen LogP contribution in [0.25, 0.3) is 10.9 Å². The molecule has 124 valence electrons. The van der Waals surface area contributed by atoms with E-state index < -0.39 is 0 Å². The zero-order valence-corrected chi connectivity index (χ0v) is 15.3. The Balaban J connectivity index is 2.29. The topological polar surface area (TPSA) is 64.1 Å². The van der Waals surface area contributed by atoms with Crippen molar-refractivity contribution in [2.24, 2.45) is 5.92 Å². The summed E-state index contributed by atoms with van der Waals surface area (Å²) in [5, 5.41) is 3.72. The Morgan fingerprint density at radius 3 is 2.87 bits per heavy atom. The second-order valence-electron chi connectivity index (χ2n) is 5.64. The number of amides is 1. The average molecular weight is 380 g/mol. The molecule has 2 heterocycles. The van der Waals surface area contributed by atoms with Crippen LogP contribution < -0.4 is 5.32 Å². The van der Waals surface area contributed by atoms with E-state index in [4.69, 9.17) is 4.74 Å². The van der Waals surface area contributed by atoms with Gasteiger partial charge < -0.3 is 10.1 Å². The maximum atomic E-state index is 12.1. The minimum atomic E-state index is -0.149. The summed E-state index contributed by atoms with van der Waals surface area (Å²) >= 11 is 3.63. The predicted molar refractivity (Wildman–Crippen MR) is 94.6 cm³/mol. The third-order valence-electron chi connectivity index (χ3n) is 3.84. The zero-order chi connectivity index (χ0) is 16.8. The maximum Gasteiger partial charge on any atom is 0.252 e. The summed E-state index contributed by atoms with van der Waals surface area (Å²) in [5.74, 6) is 0.411. The molecule has 2 aromatic heterocycles. The Morgan fingerprint density at radius 1 is 1.39 bits per heavy atom. The average Bonchev–Trinajstić information content (AvgIpc) is 2.57. The van der Waals surface area contributed by atoms with Gasteiger partial charge in [0.2, 0.25) is 0 Å². The number of fused-ring (bicyclic) bond motifs is 1. The van der Waals surface area contributed by atoms with Gasteiger partial charge in [0.25, 0.3) is 5.91 Å². The summed E-state index contributed by atoms with van der Waals surface area (Å²) in [6.45, 7) is 5.34. The lowest BCUT2D eigenvalue weighted by atomic mass is 10.0. The molecule has 0 aliphatic rings. The lowest BCUT2D eigenvalue weighted by molar-refractivity contribution is 0.0937. The van der Waals surface area contributed by atoms with Gasteiger partial charge in [-0.1, -0.05) is 20.3 Å². The van der Waals surface area contributed by atoms with Gasteiger partial charge in [0.1, 0.15) is 0 Å². The van der Waals surface area contributed by atoms with Gasteiger partial charge in [-0.3, -0.25) is 14.8 Å². The monoisotopic (exact) mass is 379 g/mol. The van der Waals surface area contributed by atoms with E-state index in [1.807, 2.05) is 6.07 Å². The number of halogens is 1. The van der Waals surface area contributed by atoms with Crippen molar-refractivity contribution in [3.8, 4) is 0 Å². The van der Waals surface area contributed by atoms with E-state index in [0.717, 1.165) is 33.9 Å². The molecule has 0 fully saturated rings. The molecule has 0 unspecified atom stereocenters. The van der Waals surface area contributed by atoms with Gasteiger partial charge in [-0.15, -0.1) is 0 Å². The lowest BCUT2D eigenvalue weighted by Gasteiger charge is -2.11. The smallest absolute Gasteiger partial charge is 0.252 e. The Kier molecular flexibility index (Phi) is 6.47. The lowest BCUT2D eigenvalue weighted by Crippen LogP contribution is -2.27. The quantitative estimate of drug-likeness (QED) is 0.749. The number of methoxy groups -OCH3 is 1. The highest BCUT2D eigenvalue weighted by Gasteiger charge is 2.13. The van der Waals surface area contributed by atoms with Crippen LogP contribution in [0.5, 0.6) is 0 Å². The molecule has 0 aromatic carbocycles. The van der Waals surface area contributed by atoms with E-state index in [2.05, 4.69) is 45.1 Å². The highest BCUT2D eigenvalue weighted by molar-refractivity contribution is 9.10. The van der Waals surface area contributed by atoms with Gasteiger partial charge in [0, 0.05) is 29.7 Å². The summed E-state index contributed by atoms with van der Waals surface area (Å²) < 4.78 is 5.86. The Morgan fingerprint density at radius 2 is 2.17 bits per heavy atom. The molecule has 1 amide bonds. The number of ether oxygens (including phenoxy) is 1. The number of aromatic nitrogens is 2. The Hall–Kier alpha value is -1.53. The van der Waals surface area contributed by atoms with Crippen LogP contribution in [-0.2, 0) is 11.2 Å². The number of nitrogens with one attached hydrogen (secondary N) is 1. The van der Waals surface area contributed by atoms with Crippen molar-refractivity contribution >= 4 is 32.7 Å². The molecule has 0 spiro atoms. The van der Waals surface area contributed by atoms with Crippen molar-refractivity contribution in [3.63, 3.8) is 0 Å². The van der Waals surface area contributed by atoms with Gasteiger partial charge >= 0.3 is 0 Å². The molecule has 1 atom stereocenters. The molecular formula is C17H22BrN3O2. The highest BCUT2D eigenvalue weighted by Crippen LogP contribution is 2.27. The second-order valence-corrected chi connectivity index (χ2v) is 6.43. The summed E-state index contributed by atoms with van der Waals surface area (Å²) in [6.07, 6.45) is 5.35. The molecule has 1 N–H and O–H groups in total. The van der Waals surface area contributed by atoms with Crippen LogP contribution in [0.2, 0.25) is 0 Å². The number of pyridine rings is 2. The van der Waals surface area contributed by atoms with Gasteiger partial charge in [0.15, 0.2) is 0 Å². The van der Waals surface area contributed by atoms with Crippen molar-refractivity contribution in [1.29, 1.82) is 0 Å². The molecule has 23 heavy (non-hydrogen) atoms. The van der Waals surface area contributed by atoms with Crippen LogP contribution in [0.15, 0.2) is 22.9 Å². The molecule has 2 rings (SSSR count). The molecule has 0 aliphatic heterocycles. The van der Waals surface area contributed by atoms with Crippen LogP contribution in [0, 0.1) is 5.92 Å². The van der Waals surface area contributed by atoms with Gasteiger partial charge in [-0.2, -0.15) is 0 Å². The largest absolute Gasteiger partial charge is 0.383 e. The van der Waals surface area contributed by atoms with E-state index in [0.29, 0.717) is 24.6 Å². The van der Waals surface area contributed by atoms with Crippen LogP contribution in [0.3, 0.4) is 0 Å². The van der Waals surface area contributed by atoms with Crippen molar-refractivity contribution in [3.05, 3.63) is 34.2 Å². The van der Waals surface area contributed by atoms with Crippen LogP contribution in [-0.4, -0.2) is 36.1 Å². The minimum Gasteiger partial charge on any atom is -0.383 e. The standard InChI is InChI=1S/C17H22BrN3O2/c1-4-11(2)7-14-16(18)13-8-12(9-20-15(13)10-21-14)17(22)19-5-6-23-3/h8-11H,4-7H2,1-3H3,(H,19,22)/t11-/m0/s1. The summed E-state index contributed by atoms with van der Waals surface area (Å²) in [4.78, 5) is 21.0. The number of hydrogen-bond donors (Lipinski definition) is 1. The summed E-state index contributed by atoms with van der Waals surface area (Å²) in [7, 11) is 1.60. The van der Waals surface area contributed by atoms with Gasteiger partial charge in [0.05, 0.1) is 29.6 Å². The number of hydrogen-bond acceptors (Lipinski definition) is 4. The number of rotatable bonds is 7. The predicted octanol–water partition coefficient (Wildman–Crippen LogP) is 3.36. The molecule has 0 saturated carbocycles. The third-order valence-corrected chi connectivity index (χ3v) is 4.73. The molecule has 0 radical (unpaired) electrons. The molecular weight excluding hydrogens is 358 g/mol. The third kappa shape index (κ3) is 4.48. The normalized spacial score (nSPS) is 12.3. The molecule has 0 aliphatic carbocycles. The van der Waals surface area contributed by atoms with E-state index in [-0.39, 0.29) is 5.91 Å². The Labute approximate surface area is 145 Å². The van der Waals surface area contributed by atoms with Gasteiger partial charge in [-0.05, 0) is 34.3 Å². The first kappa shape index (κ1) is 17.8. The number of carbonyl (C=O) groups is 1. The van der Waals surface area contributed by atoms with Crippen molar-refractivity contribution in [1.82, 2.24) is 15.3 Å². The number of carbonyl (C=O) groups excluding carboxylic acids is 1. The summed E-state index contributed by atoms with van der Waals surface area (Å²) in [6, 6.07) is 1.86. The molecule has 5 nitrogen and oxygen atoms in total. The van der Waals surface area contributed by atoms with E-state index >= 15 is 0 Å². The van der Waals surface area contributed by atoms with E-state index in [1.165, 1.54) is 0 Å².